The van der Waals surface area contributed by atoms with E-state index in [2.05, 4.69) is 0 Å². The first-order valence-electron chi connectivity index (χ1n) is 9.92. The van der Waals surface area contributed by atoms with Gasteiger partial charge in [-0.25, -0.2) is 0 Å². The molecule has 0 spiro atoms. The second-order valence-electron chi connectivity index (χ2n) is 6.89. The van der Waals surface area contributed by atoms with Crippen molar-refractivity contribution < 1.29 is 23.9 Å². The largest absolute Gasteiger partial charge is 0.493 e. The van der Waals surface area contributed by atoms with E-state index in [-0.39, 0.29) is 5.91 Å². The summed E-state index contributed by atoms with van der Waals surface area (Å²) in [5, 5.41) is 0.703. The number of piperazine rings is 1. The molecule has 29 heavy (non-hydrogen) atoms. The summed E-state index contributed by atoms with van der Waals surface area (Å²) in [6, 6.07) is 12.7. The van der Waals surface area contributed by atoms with Crippen LogP contribution in [-0.4, -0.2) is 63.9 Å². The Balaban J connectivity index is 1.47. The molecule has 3 rings (SSSR count). The molecule has 1 aliphatic rings. The highest BCUT2D eigenvalue weighted by Crippen LogP contribution is 2.28. The lowest BCUT2D eigenvalue weighted by Crippen LogP contribution is -3.15. The molecule has 0 atom stereocenters. The van der Waals surface area contributed by atoms with E-state index >= 15 is 0 Å². The minimum absolute atomic E-state index is 0.0304. The summed E-state index contributed by atoms with van der Waals surface area (Å²) in [6.45, 7) is 7.28. The number of amides is 1. The molecule has 1 amide bonds. The zero-order chi connectivity index (χ0) is 20.6. The lowest BCUT2D eigenvalue weighted by molar-refractivity contribution is -0.903. The predicted molar refractivity (Wildman–Crippen MR) is 113 cm³/mol. The maximum Gasteiger partial charge on any atom is 0.254 e. The number of benzene rings is 2. The van der Waals surface area contributed by atoms with E-state index in [1.807, 2.05) is 36.1 Å². The van der Waals surface area contributed by atoms with Crippen LogP contribution in [0.1, 0.15) is 17.3 Å². The van der Waals surface area contributed by atoms with Crippen molar-refractivity contribution in [3.8, 4) is 17.2 Å². The summed E-state index contributed by atoms with van der Waals surface area (Å²) in [5.74, 6) is 2.10. The SMILES string of the molecule is CCOc1ccc(C(=O)N2CC[NH+](CCOc3ccc(Cl)cc3)CC2)cc1OC. The second kappa shape index (κ2) is 10.4. The topological polar surface area (TPSA) is 52.4 Å². The molecular formula is C22H28ClN2O4+. The van der Waals surface area contributed by atoms with E-state index in [9.17, 15) is 4.79 Å². The Morgan fingerprint density at radius 1 is 1.07 bits per heavy atom. The van der Waals surface area contributed by atoms with Gasteiger partial charge in [0, 0.05) is 10.6 Å². The van der Waals surface area contributed by atoms with Gasteiger partial charge in [0.25, 0.3) is 5.91 Å². The van der Waals surface area contributed by atoms with Gasteiger partial charge >= 0.3 is 0 Å². The first-order chi connectivity index (χ1) is 14.1. The van der Waals surface area contributed by atoms with Crippen molar-refractivity contribution in [3.63, 3.8) is 0 Å². The van der Waals surface area contributed by atoms with Crippen molar-refractivity contribution in [2.24, 2.45) is 0 Å². The molecule has 1 N–H and O–H groups in total. The van der Waals surface area contributed by atoms with Gasteiger partial charge in [-0.15, -0.1) is 0 Å². The molecule has 2 aromatic carbocycles. The summed E-state index contributed by atoms with van der Waals surface area (Å²) in [4.78, 5) is 16.2. The van der Waals surface area contributed by atoms with Crippen molar-refractivity contribution >= 4 is 17.5 Å². The van der Waals surface area contributed by atoms with Gasteiger partial charge in [0.1, 0.15) is 18.9 Å². The first kappa shape index (κ1) is 21.3. The third-order valence-corrected chi connectivity index (χ3v) is 5.26. The van der Waals surface area contributed by atoms with Crippen LogP contribution in [0.4, 0.5) is 0 Å². The Kier molecular flexibility index (Phi) is 7.61. The summed E-state index contributed by atoms with van der Waals surface area (Å²) in [7, 11) is 1.58. The van der Waals surface area contributed by atoms with Crippen molar-refractivity contribution in [2.45, 2.75) is 6.92 Å². The van der Waals surface area contributed by atoms with Gasteiger partial charge in [0.05, 0.1) is 39.9 Å². The number of hydrogen-bond donors (Lipinski definition) is 1. The Bertz CT molecular complexity index is 805. The van der Waals surface area contributed by atoms with Crippen LogP contribution < -0.4 is 19.1 Å². The fourth-order valence-electron chi connectivity index (χ4n) is 3.38. The molecule has 0 aromatic heterocycles. The van der Waals surface area contributed by atoms with Crippen LogP contribution in [0, 0.1) is 0 Å². The van der Waals surface area contributed by atoms with Crippen molar-refractivity contribution in [1.29, 1.82) is 0 Å². The quantitative estimate of drug-likeness (QED) is 0.712. The maximum atomic E-state index is 12.9. The number of nitrogens with zero attached hydrogens (tertiary/aromatic N) is 1. The smallest absolute Gasteiger partial charge is 0.254 e. The molecule has 156 valence electrons. The molecule has 0 saturated carbocycles. The van der Waals surface area contributed by atoms with Gasteiger partial charge in [0.15, 0.2) is 11.5 Å². The van der Waals surface area contributed by atoms with E-state index in [1.165, 1.54) is 4.90 Å². The van der Waals surface area contributed by atoms with E-state index in [0.717, 1.165) is 38.5 Å². The number of rotatable bonds is 8. The molecule has 1 aliphatic heterocycles. The van der Waals surface area contributed by atoms with Crippen molar-refractivity contribution in [2.75, 3.05) is 53.0 Å². The van der Waals surface area contributed by atoms with Gasteiger partial charge in [-0.05, 0) is 49.4 Å². The van der Waals surface area contributed by atoms with Crippen LogP contribution in [0.2, 0.25) is 5.02 Å². The lowest BCUT2D eigenvalue weighted by atomic mass is 10.1. The van der Waals surface area contributed by atoms with Gasteiger partial charge in [-0.2, -0.15) is 0 Å². The Labute approximate surface area is 176 Å². The van der Waals surface area contributed by atoms with E-state index in [1.54, 1.807) is 25.3 Å². The number of ether oxygens (including phenoxy) is 3. The van der Waals surface area contributed by atoms with Gasteiger partial charge < -0.3 is 24.0 Å². The minimum atomic E-state index is 0.0304. The summed E-state index contributed by atoms with van der Waals surface area (Å²) < 4.78 is 16.7. The monoisotopic (exact) mass is 419 g/mol. The Morgan fingerprint density at radius 3 is 2.45 bits per heavy atom. The van der Waals surface area contributed by atoms with Crippen LogP contribution in [-0.2, 0) is 0 Å². The molecule has 0 aliphatic carbocycles. The molecular weight excluding hydrogens is 392 g/mol. The molecule has 1 saturated heterocycles. The molecule has 7 heteroatoms. The number of quaternary nitrogens is 1. The molecule has 1 fully saturated rings. The summed E-state index contributed by atoms with van der Waals surface area (Å²) >= 11 is 5.88. The van der Waals surface area contributed by atoms with Crippen LogP contribution in [0.3, 0.4) is 0 Å². The Hall–Kier alpha value is -2.44. The molecule has 0 unspecified atom stereocenters. The number of carbonyl (C=O) groups excluding carboxylic acids is 1. The number of hydrogen-bond acceptors (Lipinski definition) is 4. The third kappa shape index (κ3) is 5.78. The highest BCUT2D eigenvalue weighted by atomic mass is 35.5. The van der Waals surface area contributed by atoms with E-state index < -0.39 is 0 Å². The van der Waals surface area contributed by atoms with Gasteiger partial charge in [0.2, 0.25) is 0 Å². The van der Waals surface area contributed by atoms with Crippen molar-refractivity contribution in [3.05, 3.63) is 53.1 Å². The van der Waals surface area contributed by atoms with Crippen LogP contribution in [0.5, 0.6) is 17.2 Å². The predicted octanol–water partition coefficient (Wildman–Crippen LogP) is 2.17. The average Bonchev–Trinajstić information content (AvgIpc) is 2.75. The number of carbonyl (C=O) groups is 1. The first-order valence-corrected chi connectivity index (χ1v) is 10.3. The molecule has 0 radical (unpaired) electrons. The highest BCUT2D eigenvalue weighted by Gasteiger charge is 2.25. The summed E-state index contributed by atoms with van der Waals surface area (Å²) in [5.41, 5.74) is 0.625. The zero-order valence-corrected chi connectivity index (χ0v) is 17.7. The lowest BCUT2D eigenvalue weighted by Gasteiger charge is -2.32. The molecule has 2 aromatic rings. The third-order valence-electron chi connectivity index (χ3n) is 5.01. The molecule has 1 heterocycles. The van der Waals surface area contributed by atoms with Crippen LogP contribution in [0.25, 0.3) is 0 Å². The van der Waals surface area contributed by atoms with Gasteiger partial charge in [-0.3, -0.25) is 4.79 Å². The minimum Gasteiger partial charge on any atom is -0.493 e. The normalized spacial score (nSPS) is 14.5. The highest BCUT2D eigenvalue weighted by molar-refractivity contribution is 6.30. The number of halogens is 1. The standard InChI is InChI=1S/C22H27ClN2O4/c1-3-28-20-9-4-17(16-21(20)27-2)22(26)25-12-10-24(11-13-25)14-15-29-19-7-5-18(23)6-8-19/h4-9,16H,3,10-15H2,1-2H3/p+1. The van der Waals surface area contributed by atoms with Crippen molar-refractivity contribution in [1.82, 2.24) is 4.90 Å². The maximum absolute atomic E-state index is 12.9. The van der Waals surface area contributed by atoms with Gasteiger partial charge in [-0.1, -0.05) is 11.6 Å². The second-order valence-corrected chi connectivity index (χ2v) is 7.33. The fraction of sp³-hybridized carbons (Fsp3) is 0.409. The average molecular weight is 420 g/mol. The van der Waals surface area contributed by atoms with Crippen LogP contribution in [0.15, 0.2) is 42.5 Å². The number of methoxy groups -OCH3 is 1. The fourth-order valence-corrected chi connectivity index (χ4v) is 3.50. The summed E-state index contributed by atoms with van der Waals surface area (Å²) in [6.07, 6.45) is 0. The Morgan fingerprint density at radius 2 is 1.79 bits per heavy atom. The van der Waals surface area contributed by atoms with Crippen LogP contribution >= 0.6 is 11.6 Å². The number of nitrogens with one attached hydrogen (secondary N) is 1. The molecule has 0 bridgehead atoms. The van der Waals surface area contributed by atoms with E-state index in [0.29, 0.717) is 35.3 Å². The zero-order valence-electron chi connectivity index (χ0n) is 16.9. The molecule has 6 nitrogen and oxygen atoms in total. The van der Waals surface area contributed by atoms with E-state index in [4.69, 9.17) is 25.8 Å².